The molecule has 0 fully saturated rings. The van der Waals surface area contributed by atoms with Crippen molar-refractivity contribution >= 4 is 52.9 Å². The van der Waals surface area contributed by atoms with Crippen molar-refractivity contribution in [2.75, 3.05) is 5.32 Å². The zero-order valence-corrected chi connectivity index (χ0v) is 18.3. The molecule has 3 aromatic rings. The topological polar surface area (TPSA) is 96.9 Å². The molecule has 32 heavy (non-hydrogen) atoms. The summed E-state index contributed by atoms with van der Waals surface area (Å²) < 4.78 is 5.43. The highest BCUT2D eigenvalue weighted by Crippen LogP contribution is 2.25. The molecule has 0 atom stereocenters. The van der Waals surface area contributed by atoms with Gasteiger partial charge >= 0.3 is 17.8 Å². The smallest absolute Gasteiger partial charge is 0.343 e. The van der Waals surface area contributed by atoms with Gasteiger partial charge in [-0.25, -0.2) is 10.2 Å². The lowest BCUT2D eigenvalue weighted by Crippen LogP contribution is -2.32. The fourth-order valence-corrected chi connectivity index (χ4v) is 2.80. The van der Waals surface area contributed by atoms with Crippen LogP contribution in [0.25, 0.3) is 0 Å². The van der Waals surface area contributed by atoms with Gasteiger partial charge in [-0.2, -0.15) is 5.10 Å². The molecule has 0 aliphatic rings. The Hall–Kier alpha value is -3.68. The van der Waals surface area contributed by atoms with Gasteiger partial charge in [-0.3, -0.25) is 9.59 Å². The zero-order chi connectivity index (χ0) is 23.1. The molecule has 0 heterocycles. The van der Waals surface area contributed by atoms with Crippen molar-refractivity contribution in [3.8, 4) is 5.75 Å². The number of nitrogens with one attached hydrogen (secondary N) is 2. The lowest BCUT2D eigenvalue weighted by atomic mass is 10.1. The van der Waals surface area contributed by atoms with Crippen LogP contribution in [-0.2, 0) is 9.59 Å². The fourth-order valence-electron chi connectivity index (χ4n) is 2.50. The van der Waals surface area contributed by atoms with Gasteiger partial charge < -0.3 is 10.1 Å². The first-order valence-corrected chi connectivity index (χ1v) is 10.1. The summed E-state index contributed by atoms with van der Waals surface area (Å²) in [6, 6.07) is 18.0. The normalized spacial score (nSPS) is 10.6. The van der Waals surface area contributed by atoms with E-state index in [2.05, 4.69) is 15.8 Å². The lowest BCUT2D eigenvalue weighted by molar-refractivity contribution is -0.136. The number of ether oxygens (including phenoxy) is 1. The minimum Gasteiger partial charge on any atom is -0.422 e. The van der Waals surface area contributed by atoms with Gasteiger partial charge in [-0.1, -0.05) is 53.0 Å². The van der Waals surface area contributed by atoms with Crippen molar-refractivity contribution in [3.63, 3.8) is 0 Å². The summed E-state index contributed by atoms with van der Waals surface area (Å²) in [6.07, 6.45) is 1.27. The number of aryl methyl sites for hydroxylation is 1. The molecule has 0 aliphatic heterocycles. The van der Waals surface area contributed by atoms with Gasteiger partial charge in [0, 0.05) is 11.3 Å². The summed E-state index contributed by atoms with van der Waals surface area (Å²) in [7, 11) is 0. The molecule has 0 aliphatic carbocycles. The molecule has 0 unspecified atom stereocenters. The Morgan fingerprint density at radius 3 is 2.34 bits per heavy atom. The number of esters is 1. The molecule has 2 N–H and O–H groups in total. The third kappa shape index (κ3) is 6.16. The van der Waals surface area contributed by atoms with Gasteiger partial charge in [0.25, 0.3) is 0 Å². The van der Waals surface area contributed by atoms with Crippen molar-refractivity contribution in [1.29, 1.82) is 0 Å². The number of hydrogen-bond donors (Lipinski definition) is 2. The van der Waals surface area contributed by atoms with Gasteiger partial charge in [-0.15, -0.1) is 0 Å². The zero-order valence-electron chi connectivity index (χ0n) is 16.8. The molecule has 9 heteroatoms. The van der Waals surface area contributed by atoms with E-state index in [-0.39, 0.29) is 10.8 Å². The molecule has 0 spiro atoms. The number of hydrogen-bond acceptors (Lipinski definition) is 5. The van der Waals surface area contributed by atoms with E-state index in [0.717, 1.165) is 5.56 Å². The second kappa shape index (κ2) is 10.6. The molecule has 2 amide bonds. The largest absolute Gasteiger partial charge is 0.422 e. The van der Waals surface area contributed by atoms with Gasteiger partial charge in [0.1, 0.15) is 5.75 Å². The summed E-state index contributed by atoms with van der Waals surface area (Å²) in [5, 5.41) is 6.70. The number of nitrogens with zero attached hydrogens (tertiary/aromatic N) is 1. The van der Waals surface area contributed by atoms with Crippen LogP contribution in [0.5, 0.6) is 5.75 Å². The summed E-state index contributed by atoms with van der Waals surface area (Å²) in [5.41, 5.74) is 4.27. The molecule has 0 saturated carbocycles. The van der Waals surface area contributed by atoms with Crippen molar-refractivity contribution in [3.05, 3.63) is 93.5 Å². The average molecular weight is 470 g/mol. The van der Waals surface area contributed by atoms with Crippen LogP contribution in [0.2, 0.25) is 10.0 Å². The Kier molecular flexibility index (Phi) is 7.59. The van der Waals surface area contributed by atoms with Crippen LogP contribution in [0.4, 0.5) is 5.69 Å². The van der Waals surface area contributed by atoms with E-state index in [9.17, 15) is 14.4 Å². The maximum absolute atomic E-state index is 12.4. The highest BCUT2D eigenvalue weighted by Gasteiger charge is 2.14. The molecule has 7 nitrogen and oxygen atoms in total. The highest BCUT2D eigenvalue weighted by molar-refractivity contribution is 6.43. The van der Waals surface area contributed by atoms with Crippen molar-refractivity contribution in [2.24, 2.45) is 5.10 Å². The molecule has 0 bridgehead atoms. The lowest BCUT2D eigenvalue weighted by Gasteiger charge is -2.07. The third-order valence-electron chi connectivity index (χ3n) is 4.16. The number of hydrazone groups is 1. The van der Waals surface area contributed by atoms with Gasteiger partial charge in [-0.05, 0) is 49.4 Å². The van der Waals surface area contributed by atoms with Crippen molar-refractivity contribution < 1.29 is 19.1 Å². The Labute approximate surface area is 194 Å². The van der Waals surface area contributed by atoms with Crippen LogP contribution in [-0.4, -0.2) is 24.0 Å². The standard InChI is InChI=1S/C23H17Cl2N3O4/c1-14-6-8-15(9-7-14)23(31)32-20-5-3-2-4-16(20)13-26-28-22(30)21(29)27-17-10-11-18(24)19(25)12-17/h2-13H,1H3,(H,27,29)(H,28,30). The maximum Gasteiger partial charge on any atom is 0.343 e. The SMILES string of the molecule is Cc1ccc(C(=O)Oc2ccccc2C=NNC(=O)C(=O)Nc2ccc(Cl)c(Cl)c2)cc1. The number of para-hydroxylation sites is 1. The average Bonchev–Trinajstić information content (AvgIpc) is 2.77. The predicted molar refractivity (Wildman–Crippen MR) is 123 cm³/mol. The number of carbonyl (C=O) groups excluding carboxylic acids is 3. The van der Waals surface area contributed by atoms with Gasteiger partial charge in [0.05, 0.1) is 21.8 Å². The van der Waals surface area contributed by atoms with E-state index >= 15 is 0 Å². The van der Waals surface area contributed by atoms with Gasteiger partial charge in [0.15, 0.2) is 0 Å². The molecule has 3 rings (SSSR count). The first kappa shape index (κ1) is 23.0. The van der Waals surface area contributed by atoms with Crippen molar-refractivity contribution in [1.82, 2.24) is 5.43 Å². The molecule has 0 saturated heterocycles. The third-order valence-corrected chi connectivity index (χ3v) is 4.90. The van der Waals surface area contributed by atoms with Crippen LogP contribution in [0.1, 0.15) is 21.5 Å². The quantitative estimate of drug-likeness (QED) is 0.187. The first-order chi connectivity index (χ1) is 15.3. The van der Waals surface area contributed by atoms with Crippen LogP contribution < -0.4 is 15.5 Å². The van der Waals surface area contributed by atoms with Crippen LogP contribution in [0, 0.1) is 6.92 Å². The van der Waals surface area contributed by atoms with Gasteiger partial charge in [0.2, 0.25) is 0 Å². The van der Waals surface area contributed by atoms with E-state index in [1.807, 2.05) is 19.1 Å². The van der Waals surface area contributed by atoms with Crippen molar-refractivity contribution in [2.45, 2.75) is 6.92 Å². The first-order valence-electron chi connectivity index (χ1n) is 9.31. The molecular formula is C23H17Cl2N3O4. The van der Waals surface area contributed by atoms with E-state index in [0.29, 0.717) is 21.8 Å². The molecule has 0 radical (unpaired) electrons. The Balaban J connectivity index is 1.62. The summed E-state index contributed by atoms with van der Waals surface area (Å²) in [5.74, 6) is -2.23. The fraction of sp³-hybridized carbons (Fsp3) is 0.0435. The maximum atomic E-state index is 12.4. The number of rotatable bonds is 5. The molecular weight excluding hydrogens is 453 g/mol. The summed E-state index contributed by atoms with van der Waals surface area (Å²) in [4.78, 5) is 36.3. The highest BCUT2D eigenvalue weighted by atomic mass is 35.5. The Morgan fingerprint density at radius 2 is 1.62 bits per heavy atom. The van der Waals surface area contributed by atoms with E-state index < -0.39 is 17.8 Å². The number of amides is 2. The van der Waals surface area contributed by atoms with Crippen LogP contribution in [0.3, 0.4) is 0 Å². The number of benzene rings is 3. The minimum atomic E-state index is -0.999. The number of carbonyl (C=O) groups is 3. The predicted octanol–water partition coefficient (Wildman–Crippen LogP) is 4.61. The van der Waals surface area contributed by atoms with E-state index in [4.69, 9.17) is 27.9 Å². The molecule has 3 aromatic carbocycles. The van der Waals surface area contributed by atoms with Crippen LogP contribution in [0.15, 0.2) is 71.8 Å². The molecule has 162 valence electrons. The van der Waals surface area contributed by atoms with Crippen LogP contribution >= 0.6 is 23.2 Å². The summed E-state index contributed by atoms with van der Waals surface area (Å²) >= 11 is 11.7. The number of halogens is 2. The minimum absolute atomic E-state index is 0.236. The second-order valence-electron chi connectivity index (χ2n) is 6.58. The summed E-state index contributed by atoms with van der Waals surface area (Å²) in [6.45, 7) is 1.92. The van der Waals surface area contributed by atoms with E-state index in [1.165, 1.54) is 24.4 Å². The monoisotopic (exact) mass is 469 g/mol. The Bertz CT molecular complexity index is 1190. The Morgan fingerprint density at radius 1 is 0.906 bits per heavy atom. The molecule has 0 aromatic heterocycles. The van der Waals surface area contributed by atoms with E-state index in [1.54, 1.807) is 36.4 Å². The number of anilines is 1. The second-order valence-corrected chi connectivity index (χ2v) is 7.39.